The normalized spacial score (nSPS) is 12.5. The van der Waals surface area contributed by atoms with Crippen molar-refractivity contribution in [2.45, 2.75) is 341 Å². The lowest BCUT2D eigenvalue weighted by atomic mass is 10.0. The molecule has 440 valence electrons. The number of rotatable bonds is 60. The first-order valence-electron chi connectivity index (χ1n) is 32.9. The van der Waals surface area contributed by atoms with Gasteiger partial charge in [0, 0.05) is 19.3 Å². The van der Waals surface area contributed by atoms with Gasteiger partial charge in [0.25, 0.3) is 0 Å². The van der Waals surface area contributed by atoms with Crippen LogP contribution in [0.15, 0.2) is 72.9 Å². The van der Waals surface area contributed by atoms with Crippen molar-refractivity contribution >= 4 is 17.9 Å². The average molecular weight is 1060 g/mol. The molecule has 0 radical (unpaired) electrons. The molecule has 0 aliphatic carbocycles. The maximum absolute atomic E-state index is 12.9. The minimum absolute atomic E-state index is 0.0811. The van der Waals surface area contributed by atoms with E-state index in [9.17, 15) is 14.4 Å². The van der Waals surface area contributed by atoms with E-state index in [1.807, 2.05) is 0 Å². The van der Waals surface area contributed by atoms with Crippen LogP contribution in [0.2, 0.25) is 0 Å². The van der Waals surface area contributed by atoms with Crippen LogP contribution < -0.4 is 0 Å². The van der Waals surface area contributed by atoms with Gasteiger partial charge in [0.1, 0.15) is 13.2 Å². The molecule has 0 fully saturated rings. The number of esters is 3. The number of hydrogen-bond donors (Lipinski definition) is 0. The van der Waals surface area contributed by atoms with Gasteiger partial charge in [-0.05, 0) is 89.9 Å². The fourth-order valence-electron chi connectivity index (χ4n) is 9.53. The van der Waals surface area contributed by atoms with Crippen molar-refractivity contribution in [1.29, 1.82) is 0 Å². The fraction of sp³-hybridized carbons (Fsp3) is 0.786. The molecule has 0 spiro atoms. The average Bonchev–Trinajstić information content (AvgIpc) is 3.42. The molecule has 0 rings (SSSR count). The van der Waals surface area contributed by atoms with Gasteiger partial charge >= 0.3 is 17.9 Å². The summed E-state index contributed by atoms with van der Waals surface area (Å²) >= 11 is 0. The van der Waals surface area contributed by atoms with E-state index in [4.69, 9.17) is 14.2 Å². The van der Waals surface area contributed by atoms with Crippen LogP contribution >= 0.6 is 0 Å². The molecule has 0 aromatic carbocycles. The Hall–Kier alpha value is -3.15. The Morgan fingerprint density at radius 2 is 0.513 bits per heavy atom. The van der Waals surface area contributed by atoms with E-state index in [0.717, 1.165) is 109 Å². The number of unbranched alkanes of at least 4 members (excludes halogenated alkanes) is 37. The molecular formula is C70H124O6. The molecule has 0 bridgehead atoms. The Balaban J connectivity index is 4.36. The quantitative estimate of drug-likeness (QED) is 0.0261. The van der Waals surface area contributed by atoms with Gasteiger partial charge in [0.2, 0.25) is 0 Å². The zero-order valence-electron chi connectivity index (χ0n) is 50.5. The number of hydrogen-bond acceptors (Lipinski definition) is 6. The van der Waals surface area contributed by atoms with E-state index < -0.39 is 6.10 Å². The second-order valence-electron chi connectivity index (χ2n) is 22.0. The van der Waals surface area contributed by atoms with Crippen LogP contribution in [-0.4, -0.2) is 37.2 Å². The molecule has 0 aromatic rings. The molecule has 0 aliphatic rings. The summed E-state index contributed by atoms with van der Waals surface area (Å²) in [6.07, 6.45) is 83.4. The summed E-state index contributed by atoms with van der Waals surface area (Å²) in [4.78, 5) is 38.4. The van der Waals surface area contributed by atoms with E-state index in [1.54, 1.807) is 0 Å². The molecule has 6 heteroatoms. The van der Waals surface area contributed by atoms with Crippen molar-refractivity contribution in [3.8, 4) is 0 Å². The first-order valence-corrected chi connectivity index (χ1v) is 32.9. The summed E-state index contributed by atoms with van der Waals surface area (Å²) in [6.45, 7) is 6.53. The van der Waals surface area contributed by atoms with Crippen molar-refractivity contribution in [2.24, 2.45) is 0 Å². The Morgan fingerprint density at radius 1 is 0.276 bits per heavy atom. The molecule has 0 saturated heterocycles. The van der Waals surface area contributed by atoms with Crippen molar-refractivity contribution in [1.82, 2.24) is 0 Å². The van der Waals surface area contributed by atoms with Gasteiger partial charge in [0.05, 0.1) is 0 Å². The maximum atomic E-state index is 12.9. The summed E-state index contributed by atoms with van der Waals surface area (Å²) in [7, 11) is 0. The molecule has 0 N–H and O–H groups in total. The Labute approximate surface area is 472 Å². The minimum Gasteiger partial charge on any atom is -0.462 e. The monoisotopic (exact) mass is 1060 g/mol. The Morgan fingerprint density at radius 3 is 0.829 bits per heavy atom. The van der Waals surface area contributed by atoms with Gasteiger partial charge in [-0.3, -0.25) is 14.4 Å². The van der Waals surface area contributed by atoms with Crippen LogP contribution in [0.1, 0.15) is 335 Å². The first kappa shape index (κ1) is 72.8. The number of ether oxygens (including phenoxy) is 3. The van der Waals surface area contributed by atoms with Gasteiger partial charge in [-0.2, -0.15) is 0 Å². The van der Waals surface area contributed by atoms with Crippen molar-refractivity contribution < 1.29 is 28.6 Å². The summed E-state index contributed by atoms with van der Waals surface area (Å²) in [6, 6.07) is 0. The first-order chi connectivity index (χ1) is 37.5. The molecule has 0 saturated carbocycles. The summed E-state index contributed by atoms with van der Waals surface area (Å²) in [5.41, 5.74) is 0. The van der Waals surface area contributed by atoms with Crippen molar-refractivity contribution in [3.63, 3.8) is 0 Å². The zero-order chi connectivity index (χ0) is 55.0. The van der Waals surface area contributed by atoms with Crippen molar-refractivity contribution in [3.05, 3.63) is 72.9 Å². The van der Waals surface area contributed by atoms with E-state index in [1.165, 1.54) is 186 Å². The molecular weight excluding hydrogens is 937 g/mol. The van der Waals surface area contributed by atoms with Gasteiger partial charge in [-0.25, -0.2) is 0 Å². The number of carbonyl (C=O) groups excluding carboxylic acids is 3. The van der Waals surface area contributed by atoms with Crippen LogP contribution in [0.25, 0.3) is 0 Å². The predicted octanol–water partition coefficient (Wildman–Crippen LogP) is 22.5. The highest BCUT2D eigenvalue weighted by Crippen LogP contribution is 2.17. The molecule has 0 heterocycles. The molecule has 0 aromatic heterocycles. The number of allylic oxidation sites excluding steroid dienone is 12. The molecule has 1 atom stereocenters. The van der Waals surface area contributed by atoms with Crippen molar-refractivity contribution in [2.75, 3.05) is 13.2 Å². The highest BCUT2D eigenvalue weighted by atomic mass is 16.6. The predicted molar refractivity (Wildman–Crippen MR) is 330 cm³/mol. The van der Waals surface area contributed by atoms with Crippen LogP contribution in [0.3, 0.4) is 0 Å². The molecule has 1 unspecified atom stereocenters. The summed E-state index contributed by atoms with van der Waals surface area (Å²) in [5.74, 6) is -0.886. The van der Waals surface area contributed by atoms with Crippen LogP contribution in [0.5, 0.6) is 0 Å². The summed E-state index contributed by atoms with van der Waals surface area (Å²) in [5, 5.41) is 0. The van der Waals surface area contributed by atoms with E-state index in [-0.39, 0.29) is 31.1 Å². The van der Waals surface area contributed by atoms with Crippen LogP contribution in [0.4, 0.5) is 0 Å². The van der Waals surface area contributed by atoms with Gasteiger partial charge < -0.3 is 14.2 Å². The SMILES string of the molecule is CC/C=C\C/C=C\C/C=C\CCCCCCCCCC(=O)OCC(COC(=O)CCCCCCCCCCCCCCCCCCCCCCCC)OC(=O)CCCCCCCC/C=C\C/C=C\C/C=C\CCCCC. The van der Waals surface area contributed by atoms with Gasteiger partial charge in [0.15, 0.2) is 6.10 Å². The highest BCUT2D eigenvalue weighted by Gasteiger charge is 2.19. The second kappa shape index (κ2) is 64.4. The van der Waals surface area contributed by atoms with Crippen LogP contribution in [0, 0.1) is 0 Å². The topological polar surface area (TPSA) is 78.9 Å². The maximum Gasteiger partial charge on any atom is 0.306 e. The summed E-state index contributed by atoms with van der Waals surface area (Å²) < 4.78 is 17.0. The second-order valence-corrected chi connectivity index (χ2v) is 22.0. The standard InChI is InChI=1S/C70H124O6/c1-4-7-10-13-16-19-22-25-28-31-33-34-35-37-39-42-45-48-51-54-57-60-63-69(72)75-66-67(65-74-68(71)62-59-56-53-50-47-44-41-38-30-27-24-21-18-15-12-9-6-3)76-70(73)64-61-58-55-52-49-46-43-40-36-32-29-26-23-20-17-14-11-8-5-2/h9,12,17-18,20-21,26-27,29-30,36,40,67H,4-8,10-11,13-16,19,22-25,28,31-35,37-39,41-66H2,1-3H3/b12-9-,20-17-,21-18-,29-26-,30-27-,40-36-. The number of carbonyl (C=O) groups is 3. The van der Waals surface area contributed by atoms with E-state index >= 15 is 0 Å². The van der Waals surface area contributed by atoms with Gasteiger partial charge in [-0.15, -0.1) is 0 Å². The minimum atomic E-state index is -0.787. The Bertz CT molecular complexity index is 1400. The lowest BCUT2D eigenvalue weighted by molar-refractivity contribution is -0.167. The smallest absolute Gasteiger partial charge is 0.306 e. The zero-order valence-corrected chi connectivity index (χ0v) is 50.5. The third-order valence-electron chi connectivity index (χ3n) is 14.4. The van der Waals surface area contributed by atoms with Gasteiger partial charge in [-0.1, -0.05) is 299 Å². The third kappa shape index (κ3) is 61.7. The Kier molecular flexibility index (Phi) is 61.7. The molecule has 6 nitrogen and oxygen atoms in total. The lowest BCUT2D eigenvalue weighted by Crippen LogP contribution is -2.30. The lowest BCUT2D eigenvalue weighted by Gasteiger charge is -2.18. The largest absolute Gasteiger partial charge is 0.462 e. The molecule has 76 heavy (non-hydrogen) atoms. The molecule has 0 amide bonds. The van der Waals surface area contributed by atoms with E-state index in [2.05, 4.69) is 93.7 Å². The molecule has 0 aliphatic heterocycles. The highest BCUT2D eigenvalue weighted by molar-refractivity contribution is 5.71. The van der Waals surface area contributed by atoms with E-state index in [0.29, 0.717) is 19.3 Å². The fourth-order valence-corrected chi connectivity index (χ4v) is 9.53. The third-order valence-corrected chi connectivity index (χ3v) is 14.4. The van der Waals surface area contributed by atoms with Crippen LogP contribution in [-0.2, 0) is 28.6 Å².